The molecule has 3 aromatic rings. The van der Waals surface area contributed by atoms with Gasteiger partial charge in [-0.3, -0.25) is 4.79 Å². The van der Waals surface area contributed by atoms with Crippen LogP contribution in [0.2, 0.25) is 5.02 Å². The third kappa shape index (κ3) is 4.85. The van der Waals surface area contributed by atoms with Gasteiger partial charge in [-0.05, 0) is 73.1 Å². The van der Waals surface area contributed by atoms with Crippen LogP contribution in [0.4, 0.5) is 0 Å². The Labute approximate surface area is 183 Å². The monoisotopic (exact) mass is 419 g/mol. The highest BCUT2D eigenvalue weighted by Gasteiger charge is 2.18. The molecule has 0 bridgehead atoms. The molecule has 0 aromatic heterocycles. The largest absolute Gasteiger partial charge is 0.488 e. The van der Waals surface area contributed by atoms with Gasteiger partial charge in [0.05, 0.1) is 11.6 Å². The van der Waals surface area contributed by atoms with Gasteiger partial charge in [0, 0.05) is 5.02 Å². The van der Waals surface area contributed by atoms with Crippen LogP contribution in [0, 0.1) is 0 Å². The van der Waals surface area contributed by atoms with E-state index in [0.717, 1.165) is 24.0 Å². The van der Waals surface area contributed by atoms with Crippen LogP contribution < -0.4 is 10.1 Å². The summed E-state index contributed by atoms with van der Waals surface area (Å²) in [4.78, 5) is 13.1. The van der Waals surface area contributed by atoms with Crippen molar-refractivity contribution in [3.05, 3.63) is 99.6 Å². The summed E-state index contributed by atoms with van der Waals surface area (Å²) in [6, 6.07) is 21.5. The van der Waals surface area contributed by atoms with E-state index in [2.05, 4.69) is 23.5 Å². The number of carbonyl (C=O) groups excluding carboxylic acids is 1. The fourth-order valence-electron chi connectivity index (χ4n) is 3.92. The van der Waals surface area contributed by atoms with E-state index in [0.29, 0.717) is 22.9 Å². The third-order valence-corrected chi connectivity index (χ3v) is 5.88. The van der Waals surface area contributed by atoms with Crippen LogP contribution in [0.25, 0.3) is 0 Å². The van der Waals surface area contributed by atoms with Gasteiger partial charge in [0.15, 0.2) is 0 Å². The summed E-state index contributed by atoms with van der Waals surface area (Å²) in [5, 5.41) is 3.62. The number of halogens is 1. The molecule has 1 N–H and O–H groups in total. The fourth-order valence-corrected chi connectivity index (χ4v) is 4.09. The first-order chi connectivity index (χ1) is 14.6. The zero-order chi connectivity index (χ0) is 20.9. The van der Waals surface area contributed by atoms with Crippen LogP contribution >= 0.6 is 11.6 Å². The number of hydrogen-bond donors (Lipinski definition) is 1. The van der Waals surface area contributed by atoms with Gasteiger partial charge in [-0.1, -0.05) is 60.1 Å². The lowest BCUT2D eigenvalue weighted by molar-refractivity contribution is 0.0935. The maximum atomic E-state index is 13.1. The van der Waals surface area contributed by atoms with Crippen molar-refractivity contribution in [2.75, 3.05) is 0 Å². The molecule has 3 aromatic carbocycles. The van der Waals surface area contributed by atoms with Gasteiger partial charge in [-0.15, -0.1) is 0 Å². The van der Waals surface area contributed by atoms with Gasteiger partial charge in [0.1, 0.15) is 12.4 Å². The molecular weight excluding hydrogens is 394 g/mol. The molecule has 0 spiro atoms. The minimum Gasteiger partial charge on any atom is -0.488 e. The maximum absolute atomic E-state index is 13.1. The Hall–Kier alpha value is -2.78. The smallest absolute Gasteiger partial charge is 0.255 e. The molecule has 4 heteroatoms. The number of rotatable bonds is 6. The number of fused-ring (bicyclic) bond motifs is 1. The van der Waals surface area contributed by atoms with E-state index in [1.165, 1.54) is 24.0 Å². The highest BCUT2D eigenvalue weighted by Crippen LogP contribution is 2.27. The first-order valence-electron chi connectivity index (χ1n) is 10.5. The van der Waals surface area contributed by atoms with E-state index < -0.39 is 0 Å². The second-order valence-electron chi connectivity index (χ2n) is 7.85. The summed E-state index contributed by atoms with van der Waals surface area (Å²) in [7, 11) is 0. The fraction of sp³-hybridized carbons (Fsp3) is 0.269. The van der Waals surface area contributed by atoms with Gasteiger partial charge in [-0.25, -0.2) is 0 Å². The van der Waals surface area contributed by atoms with E-state index in [9.17, 15) is 4.79 Å². The van der Waals surface area contributed by atoms with E-state index in [4.69, 9.17) is 16.3 Å². The zero-order valence-corrected chi connectivity index (χ0v) is 17.9. The highest BCUT2D eigenvalue weighted by molar-refractivity contribution is 6.31. The molecule has 1 aliphatic carbocycles. The lowest BCUT2D eigenvalue weighted by atomic mass is 9.89. The molecule has 154 valence electrons. The van der Waals surface area contributed by atoms with Crippen molar-refractivity contribution >= 4 is 17.5 Å². The number of benzene rings is 3. The van der Waals surface area contributed by atoms with E-state index in [1.54, 1.807) is 18.2 Å². The number of aryl methyl sites for hydroxylation is 2. The Bertz CT molecular complexity index is 1030. The van der Waals surface area contributed by atoms with E-state index >= 15 is 0 Å². The summed E-state index contributed by atoms with van der Waals surface area (Å²) in [5.41, 5.74) is 5.46. The molecule has 0 unspecified atom stereocenters. The van der Waals surface area contributed by atoms with Gasteiger partial charge >= 0.3 is 0 Å². The molecule has 30 heavy (non-hydrogen) atoms. The summed E-state index contributed by atoms with van der Waals surface area (Å²) in [6.45, 7) is 2.40. The standard InChI is InChI=1S/C26H26ClNO2/c1-18(21-12-11-20-9-5-6-10-22(20)15-21)28-26(29)24-16-23(27)13-14-25(24)30-17-19-7-3-2-4-8-19/h2-4,7-8,11-16,18H,5-6,9-10,17H2,1H3,(H,28,29)/t18-/m0/s1. The number of hydrogen-bond acceptors (Lipinski definition) is 2. The first-order valence-corrected chi connectivity index (χ1v) is 10.9. The zero-order valence-electron chi connectivity index (χ0n) is 17.2. The highest BCUT2D eigenvalue weighted by atomic mass is 35.5. The average Bonchev–Trinajstić information content (AvgIpc) is 2.78. The lowest BCUT2D eigenvalue weighted by Crippen LogP contribution is -2.27. The van der Waals surface area contributed by atoms with Crippen LogP contribution in [-0.4, -0.2) is 5.91 Å². The topological polar surface area (TPSA) is 38.3 Å². The van der Waals surface area contributed by atoms with Crippen LogP contribution in [-0.2, 0) is 19.4 Å². The predicted molar refractivity (Wildman–Crippen MR) is 121 cm³/mol. The summed E-state index contributed by atoms with van der Waals surface area (Å²) in [6.07, 6.45) is 4.78. The normalized spacial score (nSPS) is 13.9. The average molecular weight is 420 g/mol. The second-order valence-corrected chi connectivity index (χ2v) is 8.28. The maximum Gasteiger partial charge on any atom is 0.255 e. The van der Waals surface area contributed by atoms with Crippen molar-refractivity contribution in [2.24, 2.45) is 0 Å². The van der Waals surface area contributed by atoms with Crippen molar-refractivity contribution in [1.29, 1.82) is 0 Å². The Morgan fingerprint density at radius 1 is 1.00 bits per heavy atom. The number of nitrogens with one attached hydrogen (secondary N) is 1. The Morgan fingerprint density at radius 2 is 1.77 bits per heavy atom. The molecule has 4 rings (SSSR count). The minimum absolute atomic E-state index is 0.106. The SMILES string of the molecule is C[C@H](NC(=O)c1cc(Cl)ccc1OCc1ccccc1)c1ccc2c(c1)CCCC2. The summed E-state index contributed by atoms with van der Waals surface area (Å²) in [5.74, 6) is 0.337. The molecule has 0 aliphatic heterocycles. The Morgan fingerprint density at radius 3 is 2.57 bits per heavy atom. The van der Waals surface area contributed by atoms with E-state index in [-0.39, 0.29) is 11.9 Å². The van der Waals surface area contributed by atoms with Crippen molar-refractivity contribution in [1.82, 2.24) is 5.32 Å². The van der Waals surface area contributed by atoms with Gasteiger partial charge in [0.2, 0.25) is 0 Å². The molecule has 1 aliphatic rings. The molecule has 1 amide bonds. The van der Waals surface area contributed by atoms with E-state index in [1.807, 2.05) is 37.3 Å². The molecule has 0 saturated carbocycles. The molecule has 0 heterocycles. The number of carbonyl (C=O) groups is 1. The summed E-state index contributed by atoms with van der Waals surface area (Å²) >= 11 is 6.18. The van der Waals surface area contributed by atoms with Gasteiger partial charge in [-0.2, -0.15) is 0 Å². The molecule has 0 radical (unpaired) electrons. The Balaban J connectivity index is 1.49. The number of ether oxygens (including phenoxy) is 1. The Kier molecular flexibility index (Phi) is 6.39. The van der Waals surface area contributed by atoms with Crippen molar-refractivity contribution in [3.8, 4) is 5.75 Å². The molecular formula is C26H26ClNO2. The van der Waals surface area contributed by atoms with Crippen LogP contribution in [0.5, 0.6) is 5.75 Å². The van der Waals surface area contributed by atoms with Crippen molar-refractivity contribution in [3.63, 3.8) is 0 Å². The predicted octanol–water partition coefficient (Wildman–Crippen LogP) is 6.29. The van der Waals surface area contributed by atoms with Crippen LogP contribution in [0.15, 0.2) is 66.7 Å². The first kappa shape index (κ1) is 20.5. The van der Waals surface area contributed by atoms with Crippen LogP contribution in [0.3, 0.4) is 0 Å². The molecule has 0 saturated heterocycles. The van der Waals surface area contributed by atoms with Crippen molar-refractivity contribution in [2.45, 2.75) is 45.3 Å². The van der Waals surface area contributed by atoms with Crippen molar-refractivity contribution < 1.29 is 9.53 Å². The molecule has 1 atom stereocenters. The van der Waals surface area contributed by atoms with Gasteiger partial charge < -0.3 is 10.1 Å². The molecule has 3 nitrogen and oxygen atoms in total. The van der Waals surface area contributed by atoms with Gasteiger partial charge in [0.25, 0.3) is 5.91 Å². The lowest BCUT2D eigenvalue weighted by Gasteiger charge is -2.20. The van der Waals surface area contributed by atoms with Crippen LogP contribution in [0.1, 0.15) is 58.4 Å². The molecule has 0 fully saturated rings. The summed E-state index contributed by atoms with van der Waals surface area (Å²) < 4.78 is 5.94. The minimum atomic E-state index is -0.189. The quantitative estimate of drug-likeness (QED) is 0.510. The number of amides is 1. The third-order valence-electron chi connectivity index (χ3n) is 5.64. The second kappa shape index (κ2) is 9.36.